The number of anilines is 2. The molecule has 37 heavy (non-hydrogen) atoms. The number of aromatic nitrogens is 4. The lowest BCUT2D eigenvalue weighted by molar-refractivity contribution is -0.142. The van der Waals surface area contributed by atoms with Gasteiger partial charge < -0.3 is 29.6 Å². The van der Waals surface area contributed by atoms with Gasteiger partial charge in [0, 0.05) is 7.05 Å². The summed E-state index contributed by atoms with van der Waals surface area (Å²) in [5.74, 6) is 1.09. The summed E-state index contributed by atoms with van der Waals surface area (Å²) in [5.41, 5.74) is 7.11. The van der Waals surface area contributed by atoms with Crippen LogP contribution in [-0.2, 0) is 30.6 Å². The molecule has 5 atom stereocenters. The Morgan fingerprint density at radius 2 is 2.08 bits per heavy atom. The van der Waals surface area contributed by atoms with Crippen molar-refractivity contribution in [3.63, 3.8) is 0 Å². The van der Waals surface area contributed by atoms with Crippen LogP contribution in [0.5, 0.6) is 5.75 Å². The van der Waals surface area contributed by atoms with Gasteiger partial charge in [-0.15, -0.1) is 0 Å². The number of methoxy groups -OCH3 is 1. The van der Waals surface area contributed by atoms with Crippen LogP contribution in [0.3, 0.4) is 0 Å². The molecule has 1 fully saturated rings. The summed E-state index contributed by atoms with van der Waals surface area (Å²) < 4.78 is 25.3. The molecule has 1 aliphatic rings. The fourth-order valence-electron chi connectivity index (χ4n) is 4.19. The minimum absolute atomic E-state index is 0.145. The molecule has 14 heteroatoms. The molecule has 4 N–H and O–H groups in total. The van der Waals surface area contributed by atoms with E-state index < -0.39 is 18.7 Å². The third-order valence-electron chi connectivity index (χ3n) is 5.91. The van der Waals surface area contributed by atoms with Crippen LogP contribution in [0.2, 0.25) is 0 Å². The molecule has 200 valence electrons. The predicted molar refractivity (Wildman–Crippen MR) is 144 cm³/mol. The fraction of sp³-hybridized carbons (Fsp3) is 0.478. The highest BCUT2D eigenvalue weighted by atomic mass is 32.5. The fourth-order valence-corrected chi connectivity index (χ4v) is 6.62. The van der Waals surface area contributed by atoms with Gasteiger partial charge in [-0.2, -0.15) is 9.97 Å². The predicted octanol–water partition coefficient (Wildman–Crippen LogP) is 3.24. The van der Waals surface area contributed by atoms with Gasteiger partial charge in [-0.3, -0.25) is 9.36 Å². The van der Waals surface area contributed by atoms with E-state index in [0.717, 1.165) is 12.8 Å². The van der Waals surface area contributed by atoms with E-state index in [0.29, 0.717) is 28.6 Å². The zero-order valence-corrected chi connectivity index (χ0v) is 22.9. The number of carbonyl (C=O) groups excluding carboxylic acids is 1. The number of imidazole rings is 1. The zero-order valence-electron chi connectivity index (χ0n) is 21.2. The van der Waals surface area contributed by atoms with Crippen LogP contribution in [0, 0.1) is 5.92 Å². The number of hydrogen-bond acceptors (Lipinski definition) is 11. The normalized spacial score (nSPS) is 22.2. The number of nitrogens with two attached hydrogens (primary N) is 1. The molecule has 0 radical (unpaired) electrons. The van der Waals surface area contributed by atoms with Crippen molar-refractivity contribution >= 4 is 47.3 Å². The maximum absolute atomic E-state index is 12.1. The molecular formula is C23H32N7O5PS. The molecule has 0 saturated carbocycles. The van der Waals surface area contributed by atoms with Gasteiger partial charge in [-0.05, 0) is 49.6 Å². The Hall–Kier alpha value is -2.83. The summed E-state index contributed by atoms with van der Waals surface area (Å²) in [4.78, 5) is 25.1. The number of para-hydroxylation sites is 1. The van der Waals surface area contributed by atoms with Crippen molar-refractivity contribution in [3.8, 4) is 5.75 Å². The highest BCUT2D eigenvalue weighted by Gasteiger charge is 2.33. The molecule has 1 saturated heterocycles. The average molecular weight is 550 g/mol. The molecule has 0 spiro atoms. The highest BCUT2D eigenvalue weighted by molar-refractivity contribution is 8.09. The molecule has 1 aromatic carbocycles. The van der Waals surface area contributed by atoms with Gasteiger partial charge in [0.25, 0.3) is 0 Å². The lowest BCUT2D eigenvalue weighted by Crippen LogP contribution is -2.37. The maximum atomic E-state index is 12.1. The number of ether oxygens (including phenoxy) is 2. The van der Waals surface area contributed by atoms with Crippen molar-refractivity contribution in [3.05, 3.63) is 36.7 Å². The molecule has 1 unspecified atom stereocenters. The average Bonchev–Trinajstić information content (AvgIpc) is 3.30. The van der Waals surface area contributed by atoms with Gasteiger partial charge in [0.05, 0.1) is 26.1 Å². The molecule has 4 rings (SSSR count). The van der Waals surface area contributed by atoms with Gasteiger partial charge in [0.1, 0.15) is 18.0 Å². The minimum Gasteiger partial charge on any atom is -0.468 e. The number of esters is 1. The van der Waals surface area contributed by atoms with E-state index in [-0.39, 0.29) is 24.9 Å². The van der Waals surface area contributed by atoms with Crippen LogP contribution in [0.1, 0.15) is 32.9 Å². The van der Waals surface area contributed by atoms with Crippen molar-refractivity contribution in [2.45, 2.75) is 45.1 Å². The zero-order chi connectivity index (χ0) is 26.6. The largest absolute Gasteiger partial charge is 0.468 e. The first-order chi connectivity index (χ1) is 17.7. The van der Waals surface area contributed by atoms with E-state index in [2.05, 4.69) is 32.3 Å². The van der Waals surface area contributed by atoms with Gasteiger partial charge in [-0.1, -0.05) is 25.1 Å². The highest BCUT2D eigenvalue weighted by Crippen LogP contribution is 2.46. The van der Waals surface area contributed by atoms with Crippen LogP contribution >= 0.6 is 6.64 Å². The first-order valence-corrected chi connectivity index (χ1v) is 14.5. The molecule has 12 nitrogen and oxygen atoms in total. The quantitative estimate of drug-likeness (QED) is 0.252. The van der Waals surface area contributed by atoms with Crippen LogP contribution in [0.25, 0.3) is 11.2 Å². The van der Waals surface area contributed by atoms with Crippen LogP contribution < -0.4 is 20.7 Å². The Labute approximate surface area is 220 Å². The summed E-state index contributed by atoms with van der Waals surface area (Å²) in [6.45, 7) is 0.816. The van der Waals surface area contributed by atoms with E-state index in [1.165, 1.54) is 7.11 Å². The second kappa shape index (κ2) is 11.7. The Bertz CT molecular complexity index is 1280. The van der Waals surface area contributed by atoms with Crippen molar-refractivity contribution in [2.24, 2.45) is 5.92 Å². The molecule has 2 aromatic heterocycles. The number of rotatable bonds is 10. The SMILES string of the molecule is CNc1nc(N)nc2c1ncn2[C@H]1C[C@H](C)C[C@@H](COP(=S)(N[C@H](C)C(=O)OC)Oc2ccccc2)O1. The van der Waals surface area contributed by atoms with Gasteiger partial charge >= 0.3 is 12.6 Å². The maximum Gasteiger partial charge on any atom is 0.323 e. The summed E-state index contributed by atoms with van der Waals surface area (Å²) in [6, 6.07) is 8.38. The van der Waals surface area contributed by atoms with E-state index in [1.54, 1.807) is 32.4 Å². The lowest BCUT2D eigenvalue weighted by atomic mass is 9.96. The van der Waals surface area contributed by atoms with Crippen LogP contribution in [-0.4, -0.2) is 58.4 Å². The Balaban J connectivity index is 1.51. The number of benzene rings is 1. The van der Waals surface area contributed by atoms with Gasteiger partial charge in [0.2, 0.25) is 5.95 Å². The number of carbonyl (C=O) groups is 1. The first-order valence-electron chi connectivity index (χ1n) is 11.9. The first kappa shape index (κ1) is 27.2. The summed E-state index contributed by atoms with van der Waals surface area (Å²) >= 11 is 5.78. The second-order valence-electron chi connectivity index (χ2n) is 8.87. The smallest absolute Gasteiger partial charge is 0.323 e. The summed E-state index contributed by atoms with van der Waals surface area (Å²) in [6.07, 6.45) is 2.58. The molecule has 3 aromatic rings. The van der Waals surface area contributed by atoms with Crippen molar-refractivity contribution in [2.75, 3.05) is 31.8 Å². The molecule has 0 amide bonds. The standard InChI is InChI=1S/C23H32N7O5PS/c1-14-10-17(34-18(11-14)30-13-26-19-20(25-3)27-23(24)28-21(19)30)12-33-36(37,29-15(2)22(31)32-4)35-16-8-6-5-7-9-16/h5-9,13-15,17-18H,10-12H2,1-4H3,(H,29,37)(H3,24,25,27,28)/t14-,15-,17+,18-,36?/m1/s1. The molecule has 0 aliphatic carbocycles. The number of nitrogens with one attached hydrogen (secondary N) is 2. The van der Waals surface area contributed by atoms with Crippen molar-refractivity contribution in [1.82, 2.24) is 24.6 Å². The molecule has 1 aliphatic heterocycles. The van der Waals surface area contributed by atoms with Gasteiger partial charge in [-0.25, -0.2) is 10.1 Å². The second-order valence-corrected chi connectivity index (χ2v) is 12.0. The molecular weight excluding hydrogens is 517 g/mol. The van der Waals surface area contributed by atoms with E-state index in [4.69, 9.17) is 36.1 Å². The third-order valence-corrected chi connectivity index (χ3v) is 8.41. The van der Waals surface area contributed by atoms with E-state index >= 15 is 0 Å². The minimum atomic E-state index is -3.15. The number of nitrogen functional groups attached to an aromatic ring is 1. The number of hydrogen-bond donors (Lipinski definition) is 3. The lowest BCUT2D eigenvalue weighted by Gasteiger charge is -2.35. The summed E-state index contributed by atoms with van der Waals surface area (Å²) in [5, 5.41) is 6.02. The number of fused-ring (bicyclic) bond motifs is 1. The van der Waals surface area contributed by atoms with E-state index in [1.807, 2.05) is 22.8 Å². The van der Waals surface area contributed by atoms with Crippen LogP contribution in [0.4, 0.5) is 11.8 Å². The van der Waals surface area contributed by atoms with Crippen molar-refractivity contribution in [1.29, 1.82) is 0 Å². The topological polar surface area (TPSA) is 148 Å². The number of nitrogens with zero attached hydrogens (tertiary/aromatic N) is 4. The molecule has 3 heterocycles. The Morgan fingerprint density at radius 1 is 1.32 bits per heavy atom. The Morgan fingerprint density at radius 3 is 2.78 bits per heavy atom. The van der Waals surface area contributed by atoms with E-state index in [9.17, 15) is 4.79 Å². The monoisotopic (exact) mass is 549 g/mol. The Kier molecular flexibility index (Phi) is 8.60. The van der Waals surface area contributed by atoms with Gasteiger partial charge in [0.15, 0.2) is 17.0 Å². The third kappa shape index (κ3) is 6.55. The van der Waals surface area contributed by atoms with Crippen LogP contribution in [0.15, 0.2) is 36.7 Å². The summed E-state index contributed by atoms with van der Waals surface area (Å²) in [7, 11) is 3.07. The molecule has 0 bridgehead atoms. The van der Waals surface area contributed by atoms with Crippen molar-refractivity contribution < 1.29 is 23.3 Å².